The van der Waals surface area contributed by atoms with Crippen LogP contribution in [-0.2, 0) is 18.4 Å². The Balaban J connectivity index is 1.55. The van der Waals surface area contributed by atoms with E-state index in [4.69, 9.17) is 10.5 Å². The predicted molar refractivity (Wildman–Crippen MR) is 114 cm³/mol. The number of nitrogens with one attached hydrogen (secondary N) is 1. The van der Waals surface area contributed by atoms with Gasteiger partial charge in [-0.25, -0.2) is 0 Å². The van der Waals surface area contributed by atoms with Gasteiger partial charge in [0.05, 0.1) is 17.0 Å². The first-order valence-electron chi connectivity index (χ1n) is 8.52. The van der Waals surface area contributed by atoms with Crippen molar-refractivity contribution >= 4 is 45.2 Å². The van der Waals surface area contributed by atoms with Crippen LogP contribution in [0.25, 0.3) is 0 Å². The second-order valence-corrected chi connectivity index (χ2v) is 7.81. The van der Waals surface area contributed by atoms with Crippen LogP contribution in [0.2, 0.25) is 0 Å². The van der Waals surface area contributed by atoms with Gasteiger partial charge in [-0.15, -0.1) is 10.2 Å². The highest BCUT2D eigenvalue weighted by atomic mass is 79.9. The number of aromatic nitrogens is 3. The zero-order valence-corrected chi connectivity index (χ0v) is 17.9. The molecule has 0 saturated heterocycles. The Labute approximate surface area is 180 Å². The molecule has 3 aromatic rings. The zero-order valence-electron chi connectivity index (χ0n) is 15.5. The molecule has 3 rings (SSSR count). The van der Waals surface area contributed by atoms with Crippen LogP contribution >= 0.6 is 27.7 Å². The quantitative estimate of drug-likeness (QED) is 0.484. The van der Waals surface area contributed by atoms with Gasteiger partial charge in [0.15, 0.2) is 11.0 Å². The minimum atomic E-state index is -0.600. The third kappa shape index (κ3) is 5.58. The molecule has 1 heterocycles. The van der Waals surface area contributed by atoms with Gasteiger partial charge in [0.25, 0.3) is 5.91 Å². The molecule has 0 aliphatic heterocycles. The van der Waals surface area contributed by atoms with Gasteiger partial charge in [-0.2, -0.15) is 0 Å². The summed E-state index contributed by atoms with van der Waals surface area (Å²) in [5.41, 5.74) is 5.97. The second kappa shape index (κ2) is 9.57. The molecular formula is C19H18BrN5O3S. The molecule has 0 atom stereocenters. The van der Waals surface area contributed by atoms with Crippen LogP contribution in [0.15, 0.2) is 58.2 Å². The summed E-state index contributed by atoms with van der Waals surface area (Å²) in [5.74, 6) is 0.580. The molecule has 0 unspecified atom stereocenters. The average molecular weight is 476 g/mol. The number of nitrogens with two attached hydrogens (primary N) is 1. The summed E-state index contributed by atoms with van der Waals surface area (Å²) in [5, 5.41) is 11.5. The Morgan fingerprint density at radius 2 is 1.90 bits per heavy atom. The summed E-state index contributed by atoms with van der Waals surface area (Å²) in [4.78, 5) is 23.7. The number of para-hydroxylation sites is 1. The molecule has 0 saturated carbocycles. The van der Waals surface area contributed by atoms with Crippen LogP contribution in [0.1, 0.15) is 16.2 Å². The van der Waals surface area contributed by atoms with E-state index in [-0.39, 0.29) is 23.8 Å². The van der Waals surface area contributed by atoms with Gasteiger partial charge in [-0.1, -0.05) is 39.8 Å². The maximum absolute atomic E-state index is 12.2. The molecule has 10 heteroatoms. The number of hydrogen-bond donors (Lipinski definition) is 2. The minimum Gasteiger partial charge on any atom is -0.486 e. The van der Waals surface area contributed by atoms with E-state index in [0.717, 1.165) is 10.2 Å². The number of amides is 2. The van der Waals surface area contributed by atoms with Gasteiger partial charge in [-0.3, -0.25) is 9.59 Å². The molecule has 0 aliphatic rings. The van der Waals surface area contributed by atoms with Crippen molar-refractivity contribution in [2.45, 2.75) is 11.8 Å². The number of benzene rings is 2. The molecule has 8 nitrogen and oxygen atoms in total. The fourth-order valence-electron chi connectivity index (χ4n) is 2.40. The smallest absolute Gasteiger partial charge is 0.250 e. The van der Waals surface area contributed by atoms with E-state index in [2.05, 4.69) is 31.4 Å². The topological polar surface area (TPSA) is 112 Å². The lowest BCUT2D eigenvalue weighted by atomic mass is 10.1. The number of carbonyl (C=O) groups is 2. The van der Waals surface area contributed by atoms with Crippen molar-refractivity contribution in [3.05, 3.63) is 64.4 Å². The molecule has 0 bridgehead atoms. The molecule has 0 fully saturated rings. The predicted octanol–water partition coefficient (Wildman–Crippen LogP) is 2.99. The zero-order chi connectivity index (χ0) is 20.8. The van der Waals surface area contributed by atoms with Crippen molar-refractivity contribution in [1.29, 1.82) is 0 Å². The van der Waals surface area contributed by atoms with Gasteiger partial charge in [0.1, 0.15) is 12.4 Å². The molecule has 2 aromatic carbocycles. The number of primary amides is 1. The monoisotopic (exact) mass is 475 g/mol. The first-order chi connectivity index (χ1) is 13.9. The van der Waals surface area contributed by atoms with E-state index < -0.39 is 5.91 Å². The normalized spacial score (nSPS) is 10.6. The summed E-state index contributed by atoms with van der Waals surface area (Å²) >= 11 is 4.61. The van der Waals surface area contributed by atoms with E-state index in [1.54, 1.807) is 28.8 Å². The Morgan fingerprint density at radius 1 is 1.17 bits per heavy atom. The SMILES string of the molecule is Cn1c(COc2ccc(Br)cc2)nnc1SCC(=O)Nc1ccccc1C(N)=O. The van der Waals surface area contributed by atoms with Crippen molar-refractivity contribution in [2.24, 2.45) is 12.8 Å². The summed E-state index contributed by atoms with van der Waals surface area (Å²) in [6.45, 7) is 0.254. The maximum Gasteiger partial charge on any atom is 0.250 e. The average Bonchev–Trinajstić information content (AvgIpc) is 3.06. The standard InChI is InChI=1S/C19H18BrN5O3S/c1-25-16(10-28-13-8-6-12(20)7-9-13)23-24-19(25)29-11-17(26)22-15-5-3-2-4-14(15)18(21)27/h2-9H,10-11H2,1H3,(H2,21,27)(H,22,26). The molecule has 150 valence electrons. The van der Waals surface area contributed by atoms with Crippen LogP contribution in [0.5, 0.6) is 5.75 Å². The molecule has 0 aliphatic carbocycles. The van der Waals surface area contributed by atoms with Crippen LogP contribution in [-0.4, -0.2) is 32.3 Å². The van der Waals surface area contributed by atoms with E-state index in [0.29, 0.717) is 16.7 Å². The Hall–Kier alpha value is -2.85. The number of rotatable bonds is 8. The number of carbonyl (C=O) groups excluding carboxylic acids is 2. The molecule has 29 heavy (non-hydrogen) atoms. The van der Waals surface area contributed by atoms with Crippen LogP contribution in [0.4, 0.5) is 5.69 Å². The fraction of sp³-hybridized carbons (Fsp3) is 0.158. The van der Waals surface area contributed by atoms with E-state index in [9.17, 15) is 9.59 Å². The van der Waals surface area contributed by atoms with Crippen molar-refractivity contribution in [1.82, 2.24) is 14.8 Å². The van der Waals surface area contributed by atoms with Crippen molar-refractivity contribution in [3.8, 4) is 5.75 Å². The Kier molecular flexibility index (Phi) is 6.89. The van der Waals surface area contributed by atoms with E-state index in [1.165, 1.54) is 11.8 Å². The molecular weight excluding hydrogens is 458 g/mol. The second-order valence-electron chi connectivity index (χ2n) is 5.95. The summed E-state index contributed by atoms with van der Waals surface area (Å²) in [6, 6.07) is 14.1. The van der Waals surface area contributed by atoms with Crippen molar-refractivity contribution < 1.29 is 14.3 Å². The first-order valence-corrected chi connectivity index (χ1v) is 10.3. The Bertz CT molecular complexity index is 1020. The van der Waals surface area contributed by atoms with Crippen LogP contribution < -0.4 is 15.8 Å². The highest BCUT2D eigenvalue weighted by Gasteiger charge is 2.14. The third-order valence-corrected chi connectivity index (χ3v) is 5.45. The van der Waals surface area contributed by atoms with Crippen molar-refractivity contribution in [2.75, 3.05) is 11.1 Å². The number of anilines is 1. The summed E-state index contributed by atoms with van der Waals surface area (Å²) in [7, 11) is 1.81. The van der Waals surface area contributed by atoms with E-state index in [1.807, 2.05) is 31.3 Å². The molecule has 1 aromatic heterocycles. The molecule has 0 spiro atoms. The molecule has 0 radical (unpaired) electrons. The maximum atomic E-state index is 12.2. The van der Waals surface area contributed by atoms with Gasteiger partial charge in [-0.05, 0) is 36.4 Å². The lowest BCUT2D eigenvalue weighted by molar-refractivity contribution is -0.113. The highest BCUT2D eigenvalue weighted by Crippen LogP contribution is 2.20. The minimum absolute atomic E-state index is 0.104. The number of thioether (sulfide) groups is 1. The van der Waals surface area contributed by atoms with Gasteiger partial charge in [0.2, 0.25) is 5.91 Å². The fourth-order valence-corrected chi connectivity index (χ4v) is 3.39. The van der Waals surface area contributed by atoms with Crippen LogP contribution in [0.3, 0.4) is 0 Å². The van der Waals surface area contributed by atoms with Gasteiger partial charge in [0, 0.05) is 11.5 Å². The summed E-state index contributed by atoms with van der Waals surface area (Å²) in [6.07, 6.45) is 0. The largest absolute Gasteiger partial charge is 0.486 e. The molecule has 3 N–H and O–H groups in total. The van der Waals surface area contributed by atoms with Gasteiger partial charge < -0.3 is 20.4 Å². The Morgan fingerprint density at radius 3 is 2.62 bits per heavy atom. The number of nitrogens with zero attached hydrogens (tertiary/aromatic N) is 3. The van der Waals surface area contributed by atoms with Crippen molar-refractivity contribution in [3.63, 3.8) is 0 Å². The third-order valence-electron chi connectivity index (χ3n) is 3.91. The highest BCUT2D eigenvalue weighted by molar-refractivity contribution is 9.10. The first kappa shape index (κ1) is 20.9. The van der Waals surface area contributed by atoms with Gasteiger partial charge >= 0.3 is 0 Å². The number of ether oxygens (including phenoxy) is 1. The number of halogens is 1. The van der Waals surface area contributed by atoms with Crippen LogP contribution in [0, 0.1) is 0 Å². The van der Waals surface area contributed by atoms with E-state index >= 15 is 0 Å². The summed E-state index contributed by atoms with van der Waals surface area (Å²) < 4.78 is 8.45. The molecule has 2 amide bonds. The lowest BCUT2D eigenvalue weighted by Crippen LogP contribution is -2.19. The number of hydrogen-bond acceptors (Lipinski definition) is 6. The lowest BCUT2D eigenvalue weighted by Gasteiger charge is -2.09.